The summed E-state index contributed by atoms with van der Waals surface area (Å²) >= 11 is 0. The van der Waals surface area contributed by atoms with Gasteiger partial charge in [-0.05, 0) is 34.4 Å². The predicted octanol–water partition coefficient (Wildman–Crippen LogP) is 8.64. The Hall–Kier alpha value is -4.27. The molecule has 0 spiro atoms. The molecule has 0 unspecified atom stereocenters. The number of hydrogen-bond acceptors (Lipinski definition) is 3. The molecule has 0 aromatic heterocycles. The number of carbonyl (C=O) groups excluding carboxylic acids is 1. The first kappa shape index (κ1) is 24.8. The molecule has 4 aromatic carbocycles. The van der Waals surface area contributed by atoms with Crippen molar-refractivity contribution in [3.05, 3.63) is 108 Å². The van der Waals surface area contributed by atoms with Gasteiger partial charge in [-0.1, -0.05) is 84.9 Å². The SMILES string of the molecule is O=C(Oc1cccc(-c2ccccc2)c1C(F)(F)F)Oc1cccc(-c2ccccc2)c1C(F)(F)F. The summed E-state index contributed by atoms with van der Waals surface area (Å²) in [6, 6.07) is 21.8. The molecule has 0 heterocycles. The van der Waals surface area contributed by atoms with E-state index in [-0.39, 0.29) is 22.3 Å². The van der Waals surface area contributed by atoms with Gasteiger partial charge >= 0.3 is 18.5 Å². The third-order valence-electron chi connectivity index (χ3n) is 5.18. The van der Waals surface area contributed by atoms with E-state index in [2.05, 4.69) is 0 Å². The summed E-state index contributed by atoms with van der Waals surface area (Å²) in [4.78, 5) is 12.5. The van der Waals surface area contributed by atoms with Gasteiger partial charge in [0.1, 0.15) is 22.6 Å². The van der Waals surface area contributed by atoms with Crippen LogP contribution in [0.25, 0.3) is 22.3 Å². The maximum Gasteiger partial charge on any atom is 0.519 e. The maximum absolute atomic E-state index is 14.0. The second kappa shape index (κ2) is 9.77. The molecule has 0 amide bonds. The minimum absolute atomic E-state index is 0.207. The predicted molar refractivity (Wildman–Crippen MR) is 120 cm³/mol. The number of halogens is 6. The van der Waals surface area contributed by atoms with Gasteiger partial charge in [0.15, 0.2) is 0 Å². The zero-order chi connectivity index (χ0) is 25.9. The summed E-state index contributed by atoms with van der Waals surface area (Å²) in [7, 11) is 0. The van der Waals surface area contributed by atoms with Crippen LogP contribution in [-0.4, -0.2) is 6.16 Å². The van der Waals surface area contributed by atoms with E-state index in [0.717, 1.165) is 12.1 Å². The molecular weight excluding hydrogens is 486 g/mol. The second-order valence-electron chi connectivity index (χ2n) is 7.54. The van der Waals surface area contributed by atoms with E-state index in [9.17, 15) is 31.1 Å². The lowest BCUT2D eigenvalue weighted by Gasteiger charge is -2.19. The van der Waals surface area contributed by atoms with Crippen LogP contribution in [0.15, 0.2) is 97.1 Å². The van der Waals surface area contributed by atoms with Crippen molar-refractivity contribution < 1.29 is 40.6 Å². The molecule has 4 rings (SSSR count). The number of hydrogen-bond donors (Lipinski definition) is 0. The maximum atomic E-state index is 14.0. The molecule has 4 aromatic rings. The number of ether oxygens (including phenoxy) is 2. The van der Waals surface area contributed by atoms with Crippen molar-refractivity contribution in [1.29, 1.82) is 0 Å². The average Bonchev–Trinajstić information content (AvgIpc) is 2.83. The second-order valence-corrected chi connectivity index (χ2v) is 7.54. The molecule has 184 valence electrons. The molecule has 0 saturated heterocycles. The van der Waals surface area contributed by atoms with Crippen molar-refractivity contribution in [2.24, 2.45) is 0 Å². The third kappa shape index (κ3) is 5.35. The van der Waals surface area contributed by atoms with Crippen LogP contribution < -0.4 is 9.47 Å². The van der Waals surface area contributed by atoms with Crippen molar-refractivity contribution in [3.8, 4) is 33.8 Å². The van der Waals surface area contributed by atoms with Crippen molar-refractivity contribution in [2.75, 3.05) is 0 Å². The lowest BCUT2D eigenvalue weighted by molar-refractivity contribution is -0.138. The molecular formula is C27H16F6O3. The molecule has 0 saturated carbocycles. The fourth-order valence-electron chi connectivity index (χ4n) is 3.73. The molecule has 9 heteroatoms. The van der Waals surface area contributed by atoms with Gasteiger partial charge in [0.2, 0.25) is 0 Å². The Bertz CT molecular complexity index is 1260. The van der Waals surface area contributed by atoms with Crippen LogP contribution in [0.2, 0.25) is 0 Å². The molecule has 0 atom stereocenters. The van der Waals surface area contributed by atoms with Crippen LogP contribution >= 0.6 is 0 Å². The Morgan fingerprint density at radius 1 is 0.500 bits per heavy atom. The monoisotopic (exact) mass is 502 g/mol. The zero-order valence-electron chi connectivity index (χ0n) is 18.2. The highest BCUT2D eigenvalue weighted by Crippen LogP contribution is 2.45. The van der Waals surface area contributed by atoms with E-state index in [1.807, 2.05) is 0 Å². The molecule has 0 N–H and O–H groups in total. The number of benzene rings is 4. The highest BCUT2D eigenvalue weighted by Gasteiger charge is 2.40. The topological polar surface area (TPSA) is 35.5 Å². The quantitative estimate of drug-likeness (QED) is 0.159. The van der Waals surface area contributed by atoms with Crippen LogP contribution in [0.1, 0.15) is 11.1 Å². The highest BCUT2D eigenvalue weighted by atomic mass is 19.4. The van der Waals surface area contributed by atoms with Gasteiger partial charge in [0.05, 0.1) is 0 Å². The summed E-state index contributed by atoms with van der Waals surface area (Å²) in [6.07, 6.45) is -11.6. The van der Waals surface area contributed by atoms with Crippen LogP contribution in [0, 0.1) is 0 Å². The molecule has 0 aliphatic carbocycles. The minimum atomic E-state index is -4.94. The van der Waals surface area contributed by atoms with Gasteiger partial charge in [-0.3, -0.25) is 0 Å². The van der Waals surface area contributed by atoms with E-state index in [1.54, 1.807) is 12.1 Å². The summed E-state index contributed by atoms with van der Waals surface area (Å²) < 4.78 is 93.3. The fourth-order valence-corrected chi connectivity index (χ4v) is 3.73. The molecule has 3 nitrogen and oxygen atoms in total. The Kier molecular flexibility index (Phi) is 6.74. The normalized spacial score (nSPS) is 11.7. The molecule has 36 heavy (non-hydrogen) atoms. The zero-order valence-corrected chi connectivity index (χ0v) is 18.2. The van der Waals surface area contributed by atoms with Crippen LogP contribution in [0.3, 0.4) is 0 Å². The number of carbonyl (C=O) groups is 1. The van der Waals surface area contributed by atoms with E-state index >= 15 is 0 Å². The lowest BCUT2D eigenvalue weighted by atomic mass is 9.98. The van der Waals surface area contributed by atoms with Crippen LogP contribution in [0.4, 0.5) is 31.1 Å². The van der Waals surface area contributed by atoms with Crippen LogP contribution in [0.5, 0.6) is 11.5 Å². The van der Waals surface area contributed by atoms with Gasteiger partial charge in [0.25, 0.3) is 0 Å². The fraction of sp³-hybridized carbons (Fsp3) is 0.0741. The lowest BCUT2D eigenvalue weighted by Crippen LogP contribution is -2.20. The summed E-state index contributed by atoms with van der Waals surface area (Å²) in [5.41, 5.74) is -2.65. The summed E-state index contributed by atoms with van der Waals surface area (Å²) in [5, 5.41) is 0. The average molecular weight is 502 g/mol. The summed E-state index contributed by atoms with van der Waals surface area (Å²) in [5.74, 6) is -1.80. The Morgan fingerprint density at radius 3 is 1.19 bits per heavy atom. The van der Waals surface area contributed by atoms with Crippen LogP contribution in [-0.2, 0) is 12.4 Å². The minimum Gasteiger partial charge on any atom is -0.394 e. The van der Waals surface area contributed by atoms with Gasteiger partial charge in [0, 0.05) is 0 Å². The molecule has 0 radical (unpaired) electrons. The number of alkyl halides is 6. The third-order valence-corrected chi connectivity index (χ3v) is 5.18. The van der Waals surface area contributed by atoms with Crippen molar-refractivity contribution in [1.82, 2.24) is 0 Å². The van der Waals surface area contributed by atoms with Gasteiger partial charge in [-0.2, -0.15) is 26.3 Å². The van der Waals surface area contributed by atoms with E-state index in [1.165, 1.54) is 72.8 Å². The first-order chi connectivity index (χ1) is 17.1. The van der Waals surface area contributed by atoms with Gasteiger partial charge in [-0.15, -0.1) is 0 Å². The van der Waals surface area contributed by atoms with E-state index < -0.39 is 41.1 Å². The first-order valence-electron chi connectivity index (χ1n) is 10.5. The molecule has 0 aliphatic heterocycles. The molecule has 0 bridgehead atoms. The van der Waals surface area contributed by atoms with E-state index in [4.69, 9.17) is 9.47 Å². The molecule has 0 aliphatic rings. The largest absolute Gasteiger partial charge is 0.519 e. The van der Waals surface area contributed by atoms with Gasteiger partial charge in [-0.25, -0.2) is 4.79 Å². The van der Waals surface area contributed by atoms with Crippen molar-refractivity contribution in [2.45, 2.75) is 12.4 Å². The molecule has 0 fully saturated rings. The summed E-state index contributed by atoms with van der Waals surface area (Å²) in [6.45, 7) is 0. The number of rotatable bonds is 4. The van der Waals surface area contributed by atoms with Crippen molar-refractivity contribution in [3.63, 3.8) is 0 Å². The Labute approximate surface area is 201 Å². The smallest absolute Gasteiger partial charge is 0.394 e. The standard InChI is InChI=1S/C27H16F6O3/c28-26(29,30)23-19(17-9-3-1-4-10-17)13-7-15-21(23)35-25(34)36-22-16-8-14-20(24(22)27(31,32)33)18-11-5-2-6-12-18/h1-16H. The Balaban J connectivity index is 1.71. The highest BCUT2D eigenvalue weighted by molar-refractivity contribution is 5.76. The first-order valence-corrected chi connectivity index (χ1v) is 10.5. The van der Waals surface area contributed by atoms with E-state index in [0.29, 0.717) is 0 Å². The Morgan fingerprint density at radius 2 is 0.861 bits per heavy atom. The van der Waals surface area contributed by atoms with Crippen molar-refractivity contribution >= 4 is 6.16 Å². The van der Waals surface area contributed by atoms with Gasteiger partial charge < -0.3 is 9.47 Å².